The molecule has 0 saturated carbocycles. The Morgan fingerprint density at radius 1 is 1.29 bits per heavy atom. The second kappa shape index (κ2) is 7.43. The van der Waals surface area contributed by atoms with Crippen molar-refractivity contribution in [3.8, 4) is 5.75 Å². The molecule has 0 radical (unpaired) electrons. The highest BCUT2D eigenvalue weighted by Crippen LogP contribution is 2.21. The normalized spacial score (nSPS) is 11.7. The van der Waals surface area contributed by atoms with Gasteiger partial charge in [0.15, 0.2) is 0 Å². The first kappa shape index (κ1) is 15.0. The van der Waals surface area contributed by atoms with E-state index in [4.69, 9.17) is 4.74 Å². The van der Waals surface area contributed by atoms with Gasteiger partial charge in [0.1, 0.15) is 5.75 Å². The van der Waals surface area contributed by atoms with E-state index in [0.29, 0.717) is 18.0 Å². The number of methoxy groups -OCH3 is 1. The summed E-state index contributed by atoms with van der Waals surface area (Å²) in [6.07, 6.45) is 4.11. The average Bonchev–Trinajstić information content (AvgIpc) is 2.55. The number of benzene rings is 1. The number of carbonyl (C=O) groups excluding carboxylic acids is 1. The molecule has 0 saturated heterocycles. The molecule has 4 heteroatoms. The van der Waals surface area contributed by atoms with E-state index >= 15 is 0 Å². The van der Waals surface area contributed by atoms with Crippen LogP contribution in [0.15, 0.2) is 48.8 Å². The average molecular weight is 284 g/mol. The van der Waals surface area contributed by atoms with Gasteiger partial charge in [-0.3, -0.25) is 9.78 Å². The molecule has 1 heterocycles. The predicted octanol–water partition coefficient (Wildman–Crippen LogP) is 3.01. The third-order valence-corrected chi connectivity index (χ3v) is 3.47. The Hall–Kier alpha value is -2.36. The van der Waals surface area contributed by atoms with Gasteiger partial charge in [-0.2, -0.15) is 0 Å². The zero-order valence-corrected chi connectivity index (χ0v) is 12.4. The minimum absolute atomic E-state index is 0.0787. The molecule has 1 aromatic heterocycles. The van der Waals surface area contributed by atoms with Gasteiger partial charge < -0.3 is 10.1 Å². The minimum Gasteiger partial charge on any atom is -0.497 e. The van der Waals surface area contributed by atoms with Crippen LogP contribution in [0.3, 0.4) is 0 Å². The number of hydrogen-bond donors (Lipinski definition) is 1. The monoisotopic (exact) mass is 284 g/mol. The summed E-state index contributed by atoms with van der Waals surface area (Å²) in [7, 11) is 1.66. The fourth-order valence-corrected chi connectivity index (χ4v) is 2.10. The quantitative estimate of drug-likeness (QED) is 0.887. The second-order valence-electron chi connectivity index (χ2n) is 4.96. The van der Waals surface area contributed by atoms with Gasteiger partial charge in [0.25, 0.3) is 5.91 Å². The minimum atomic E-state index is -0.0787. The fraction of sp³-hybridized carbons (Fsp3) is 0.294. The van der Waals surface area contributed by atoms with Crippen LogP contribution in [0, 0.1) is 0 Å². The summed E-state index contributed by atoms with van der Waals surface area (Å²) < 4.78 is 5.15. The zero-order valence-electron chi connectivity index (χ0n) is 12.4. The Kier molecular flexibility index (Phi) is 5.32. The molecule has 1 N–H and O–H groups in total. The number of nitrogens with one attached hydrogen (secondary N) is 1. The van der Waals surface area contributed by atoms with Gasteiger partial charge in [-0.25, -0.2) is 0 Å². The molecule has 0 aliphatic rings. The Bertz CT molecular complexity index is 567. The maximum Gasteiger partial charge on any atom is 0.252 e. The lowest BCUT2D eigenvalue weighted by Crippen LogP contribution is -2.25. The van der Waals surface area contributed by atoms with Crippen molar-refractivity contribution in [2.24, 2.45) is 0 Å². The molecule has 110 valence electrons. The third-order valence-electron chi connectivity index (χ3n) is 3.47. The number of amides is 1. The van der Waals surface area contributed by atoms with Crippen LogP contribution in [-0.2, 0) is 0 Å². The number of nitrogens with zero attached hydrogens (tertiary/aromatic N) is 1. The summed E-state index contributed by atoms with van der Waals surface area (Å²) in [5.74, 6) is 1.16. The van der Waals surface area contributed by atoms with Crippen molar-refractivity contribution >= 4 is 5.91 Å². The number of rotatable bonds is 6. The van der Waals surface area contributed by atoms with E-state index in [1.54, 1.807) is 31.6 Å². The van der Waals surface area contributed by atoms with E-state index < -0.39 is 0 Å². The Balaban J connectivity index is 1.81. The molecule has 21 heavy (non-hydrogen) atoms. The van der Waals surface area contributed by atoms with Crippen molar-refractivity contribution in [1.29, 1.82) is 0 Å². The summed E-state index contributed by atoms with van der Waals surface area (Å²) in [5, 5.41) is 2.92. The lowest BCUT2D eigenvalue weighted by atomic mass is 9.98. The largest absolute Gasteiger partial charge is 0.497 e. The molecule has 0 aliphatic carbocycles. The fourth-order valence-electron chi connectivity index (χ4n) is 2.10. The number of pyridine rings is 1. The molecule has 0 spiro atoms. The SMILES string of the molecule is COc1ccc(C(C)CCNC(=O)c2cccnc2)cc1. The van der Waals surface area contributed by atoms with E-state index in [-0.39, 0.29) is 5.91 Å². The van der Waals surface area contributed by atoms with Crippen LogP contribution in [0.25, 0.3) is 0 Å². The molecular formula is C17H20N2O2. The Labute approximate surface area is 125 Å². The third kappa shape index (κ3) is 4.31. The zero-order chi connectivity index (χ0) is 15.1. The predicted molar refractivity (Wildman–Crippen MR) is 82.6 cm³/mol. The van der Waals surface area contributed by atoms with Crippen molar-refractivity contribution in [2.45, 2.75) is 19.3 Å². The summed E-state index contributed by atoms with van der Waals surface area (Å²) in [4.78, 5) is 15.8. The Morgan fingerprint density at radius 3 is 2.67 bits per heavy atom. The van der Waals surface area contributed by atoms with Crippen LogP contribution >= 0.6 is 0 Å². The first-order chi connectivity index (χ1) is 10.2. The molecule has 2 aromatic rings. The lowest BCUT2D eigenvalue weighted by Gasteiger charge is -2.13. The van der Waals surface area contributed by atoms with Crippen LogP contribution in [0.1, 0.15) is 35.2 Å². The molecule has 1 amide bonds. The van der Waals surface area contributed by atoms with Crippen molar-refractivity contribution < 1.29 is 9.53 Å². The number of aromatic nitrogens is 1. The van der Waals surface area contributed by atoms with Crippen molar-refractivity contribution in [3.63, 3.8) is 0 Å². The van der Waals surface area contributed by atoms with Crippen LogP contribution < -0.4 is 10.1 Å². The first-order valence-electron chi connectivity index (χ1n) is 7.03. The van der Waals surface area contributed by atoms with Gasteiger partial charge in [0, 0.05) is 18.9 Å². The summed E-state index contributed by atoms with van der Waals surface area (Å²) >= 11 is 0. The van der Waals surface area contributed by atoms with Gasteiger partial charge in [0.2, 0.25) is 0 Å². The Morgan fingerprint density at radius 2 is 2.05 bits per heavy atom. The summed E-state index contributed by atoms with van der Waals surface area (Å²) in [5.41, 5.74) is 1.83. The number of ether oxygens (including phenoxy) is 1. The van der Waals surface area contributed by atoms with Crippen molar-refractivity contribution in [3.05, 3.63) is 59.9 Å². The molecule has 1 aromatic carbocycles. The van der Waals surface area contributed by atoms with Crippen LogP contribution in [0.5, 0.6) is 5.75 Å². The van der Waals surface area contributed by atoms with Gasteiger partial charge in [-0.05, 0) is 42.2 Å². The highest BCUT2D eigenvalue weighted by atomic mass is 16.5. The molecular weight excluding hydrogens is 264 g/mol. The van der Waals surface area contributed by atoms with Gasteiger partial charge in [0.05, 0.1) is 12.7 Å². The van der Waals surface area contributed by atoms with Gasteiger partial charge in [-0.15, -0.1) is 0 Å². The lowest BCUT2D eigenvalue weighted by molar-refractivity contribution is 0.0952. The van der Waals surface area contributed by atoms with E-state index in [1.165, 1.54) is 5.56 Å². The van der Waals surface area contributed by atoms with E-state index in [0.717, 1.165) is 12.2 Å². The summed E-state index contributed by atoms with van der Waals surface area (Å²) in [6.45, 7) is 2.79. The first-order valence-corrected chi connectivity index (χ1v) is 7.03. The smallest absolute Gasteiger partial charge is 0.252 e. The van der Waals surface area contributed by atoms with Gasteiger partial charge in [-0.1, -0.05) is 19.1 Å². The summed E-state index contributed by atoms with van der Waals surface area (Å²) in [6, 6.07) is 11.6. The van der Waals surface area contributed by atoms with E-state index in [9.17, 15) is 4.79 Å². The van der Waals surface area contributed by atoms with E-state index in [1.807, 2.05) is 12.1 Å². The molecule has 0 fully saturated rings. The molecule has 1 unspecified atom stereocenters. The van der Waals surface area contributed by atoms with Crippen molar-refractivity contribution in [2.75, 3.05) is 13.7 Å². The standard InChI is InChI=1S/C17H20N2O2/c1-13(14-5-7-16(21-2)8-6-14)9-11-19-17(20)15-4-3-10-18-12-15/h3-8,10,12-13H,9,11H2,1-2H3,(H,19,20). The highest BCUT2D eigenvalue weighted by Gasteiger charge is 2.08. The van der Waals surface area contributed by atoms with Crippen LogP contribution in [-0.4, -0.2) is 24.5 Å². The van der Waals surface area contributed by atoms with Gasteiger partial charge >= 0.3 is 0 Å². The second-order valence-corrected chi connectivity index (χ2v) is 4.96. The maximum absolute atomic E-state index is 11.9. The van der Waals surface area contributed by atoms with Crippen LogP contribution in [0.4, 0.5) is 0 Å². The highest BCUT2D eigenvalue weighted by molar-refractivity contribution is 5.93. The topological polar surface area (TPSA) is 51.2 Å². The molecule has 4 nitrogen and oxygen atoms in total. The van der Waals surface area contributed by atoms with Crippen LogP contribution in [0.2, 0.25) is 0 Å². The number of carbonyl (C=O) groups is 1. The van der Waals surface area contributed by atoms with E-state index in [2.05, 4.69) is 29.4 Å². The molecule has 0 bridgehead atoms. The molecule has 2 rings (SSSR count). The van der Waals surface area contributed by atoms with Crippen molar-refractivity contribution in [1.82, 2.24) is 10.3 Å². The molecule has 1 atom stereocenters. The maximum atomic E-state index is 11.9. The molecule has 0 aliphatic heterocycles. The number of hydrogen-bond acceptors (Lipinski definition) is 3.